The van der Waals surface area contributed by atoms with Crippen molar-refractivity contribution in [2.45, 2.75) is 147 Å². The molecule has 25 heteroatoms. The molecule has 4 heterocycles. The van der Waals surface area contributed by atoms with Crippen molar-refractivity contribution in [3.05, 3.63) is 82.9 Å². The van der Waals surface area contributed by atoms with Gasteiger partial charge in [-0.15, -0.1) is 0 Å². The van der Waals surface area contributed by atoms with Crippen molar-refractivity contribution >= 4 is 82.3 Å². The number of methoxy groups -OCH3 is 2. The molecule has 446 valence electrons. The Labute approximate surface area is 481 Å². The Balaban J connectivity index is 1.15. The van der Waals surface area contributed by atoms with Crippen molar-refractivity contribution in [3.63, 3.8) is 0 Å². The lowest BCUT2D eigenvalue weighted by atomic mass is 9.83. The highest BCUT2D eigenvalue weighted by atomic mass is 35.5. The number of rotatable bonds is 21. The average molecular weight is 1160 g/mol. The topological polar surface area (TPSA) is 328 Å². The maximum Gasteiger partial charge on any atom is 0.412 e. The number of unbranched alkanes of at least 4 members (excludes halogenated alkanes) is 3. The number of carbonyl (C=O) groups excluding carboxylic acids is 9. The molecule has 2 aromatic carbocycles. The average Bonchev–Trinajstić information content (AvgIpc) is 2.10. The zero-order valence-corrected chi connectivity index (χ0v) is 48.2. The van der Waals surface area contributed by atoms with Gasteiger partial charge in [0.2, 0.25) is 23.6 Å². The fourth-order valence-electron chi connectivity index (χ4n) is 10.1. The molecule has 0 saturated carbocycles. The van der Waals surface area contributed by atoms with Crippen LogP contribution in [0.3, 0.4) is 0 Å². The zero-order chi connectivity index (χ0) is 60.1. The third-order valence-corrected chi connectivity index (χ3v) is 15.3. The molecule has 4 bridgehead atoms. The van der Waals surface area contributed by atoms with Crippen molar-refractivity contribution in [3.8, 4) is 5.75 Å². The molecule has 4 aliphatic heterocycles. The Bertz CT molecular complexity index is 2790. The minimum atomic E-state index is -1.90. The van der Waals surface area contributed by atoms with E-state index in [-0.39, 0.29) is 66.5 Å². The summed E-state index contributed by atoms with van der Waals surface area (Å²) < 4.78 is 29.4. The number of urea groups is 1. The fourth-order valence-corrected chi connectivity index (χ4v) is 10.4. The van der Waals surface area contributed by atoms with E-state index in [2.05, 4.69) is 31.9 Å². The zero-order valence-electron chi connectivity index (χ0n) is 47.5. The number of nitrogens with one attached hydrogen (secondary N) is 6. The van der Waals surface area contributed by atoms with Crippen LogP contribution in [-0.2, 0) is 54.1 Å². The molecule has 6 rings (SSSR count). The second-order valence-corrected chi connectivity index (χ2v) is 21.9. The van der Waals surface area contributed by atoms with E-state index < -0.39 is 102 Å². The van der Waals surface area contributed by atoms with Gasteiger partial charge >= 0.3 is 18.2 Å². The van der Waals surface area contributed by atoms with E-state index in [4.69, 9.17) is 41.0 Å². The maximum atomic E-state index is 14.4. The predicted octanol–water partition coefficient (Wildman–Crippen LogP) is 5.26. The summed E-state index contributed by atoms with van der Waals surface area (Å²) in [4.78, 5) is 120. The number of allylic oxidation sites excluding steroid dienone is 3. The summed E-state index contributed by atoms with van der Waals surface area (Å²) in [5.41, 5.74) is 4.49. The Morgan fingerprint density at radius 3 is 2.27 bits per heavy atom. The highest BCUT2D eigenvalue weighted by molar-refractivity contribution is 6.35. The predicted molar refractivity (Wildman–Crippen MR) is 302 cm³/mol. The first-order valence-electron chi connectivity index (χ1n) is 27.3. The van der Waals surface area contributed by atoms with E-state index in [1.807, 2.05) is 13.0 Å². The Hall–Kier alpha value is -7.54. The first-order valence-corrected chi connectivity index (χ1v) is 27.7. The van der Waals surface area contributed by atoms with Crippen LogP contribution in [-0.4, -0.2) is 146 Å². The molecule has 2 saturated heterocycles. The van der Waals surface area contributed by atoms with Crippen LogP contribution in [0.15, 0.2) is 72.4 Å². The number of hydrogen-bond acceptors (Lipinski definition) is 15. The van der Waals surface area contributed by atoms with E-state index >= 15 is 0 Å². The number of alkyl carbamates (subject to hydrolysis) is 1. The second kappa shape index (κ2) is 28.4. The first kappa shape index (κ1) is 63.6. The minimum Gasteiger partial charge on any atom is -0.495 e. The number of carbonyl (C=O) groups is 9. The monoisotopic (exact) mass is 1160 g/mol. The number of anilines is 3. The number of halogens is 1. The highest BCUT2D eigenvalue weighted by Crippen LogP contribution is 2.49. The molecule has 0 radical (unpaired) electrons. The lowest BCUT2D eigenvalue weighted by molar-refractivity contribution is -0.142. The van der Waals surface area contributed by atoms with Gasteiger partial charge in [0.25, 0.3) is 11.8 Å². The number of aliphatic hydroxyl groups is 1. The van der Waals surface area contributed by atoms with Crippen LogP contribution in [0, 0.1) is 11.8 Å². The van der Waals surface area contributed by atoms with Gasteiger partial charge in [-0.25, -0.2) is 14.4 Å². The van der Waals surface area contributed by atoms with Gasteiger partial charge < -0.3 is 60.7 Å². The van der Waals surface area contributed by atoms with E-state index in [1.54, 1.807) is 52.0 Å². The van der Waals surface area contributed by atoms with Crippen molar-refractivity contribution in [2.24, 2.45) is 17.6 Å². The molecule has 2 fully saturated rings. The van der Waals surface area contributed by atoms with Gasteiger partial charge in [0.15, 0.2) is 5.72 Å². The quantitative estimate of drug-likeness (QED) is 0.0449. The van der Waals surface area contributed by atoms with Crippen LogP contribution in [0.4, 0.5) is 31.4 Å². The molecule has 4 aliphatic rings. The maximum absolute atomic E-state index is 14.4. The summed E-state index contributed by atoms with van der Waals surface area (Å²) in [5, 5.41) is 28.1. The number of hydrogen-bond donors (Lipinski definition) is 8. The summed E-state index contributed by atoms with van der Waals surface area (Å²) in [6, 6.07) is 6.71. The SMILES string of the molecule is COc1cc2cc(c1Cl)N(C)C(=O)C[C@H](OC(=O)Nc1ccc(NC(=O)[C@H](CCCCNC(N)=O)NC(=O)[C@@H](NC(=O)CCCCCN3C(=O)C=CC3=O)C(C)C)cc1)[C@]1(C)O[C@H]1[C@H](C)[C@@H]1C[C@@](O)(NC(=O)O1)[C@H](OC)/C=C/C=C(\C)C2. The smallest absolute Gasteiger partial charge is 0.412 e. The van der Waals surface area contributed by atoms with Crippen molar-refractivity contribution < 1.29 is 71.9 Å². The third-order valence-electron chi connectivity index (χ3n) is 14.9. The first-order chi connectivity index (χ1) is 38.9. The second-order valence-electron chi connectivity index (χ2n) is 21.5. The summed E-state index contributed by atoms with van der Waals surface area (Å²) in [7, 11) is 4.40. The van der Waals surface area contributed by atoms with Gasteiger partial charge in [-0.1, -0.05) is 62.6 Å². The molecule has 9 N–H and O–H groups in total. The molecule has 0 aromatic heterocycles. The summed E-state index contributed by atoms with van der Waals surface area (Å²) in [6.07, 6.45) is 4.24. The van der Waals surface area contributed by atoms with Gasteiger partial charge in [0.05, 0.1) is 25.3 Å². The Morgan fingerprint density at radius 2 is 1.62 bits per heavy atom. The molecule has 10 amide bonds. The van der Waals surface area contributed by atoms with Crippen LogP contribution in [0.2, 0.25) is 5.02 Å². The number of amides is 10. The number of epoxide rings is 1. The van der Waals surface area contributed by atoms with Gasteiger partial charge in [0, 0.05) is 69.5 Å². The molecule has 82 heavy (non-hydrogen) atoms. The number of nitrogens with two attached hydrogens (primary N) is 1. The molecular formula is C57H76ClN9O15. The highest BCUT2D eigenvalue weighted by Gasteiger charge is 2.64. The standard InChI is InChI=1S/C57H76ClN9O15/c1-32(2)49(64-44(68)18-10-9-13-26-67-45(69)23-24-46(67)70)52(73)63-38(16-11-12-25-60-53(59)74)51(72)61-36-19-21-37(22-20-36)62-54(75)81-43-30-47(71)66(6)39-28-35(29-40(78-7)48(39)58)27-33(3)15-14-17-42(79-8)57(77)31-41(80-55(76)65-57)34(4)50-56(43,5)82-50/h14-15,17,19-24,28-29,32,34,38,41-43,49-50,77H,9-13,16,18,25-27,30-31H2,1-8H3,(H,61,72)(H,62,75)(H,63,73)(H,64,68)(H,65,76)(H3,59,60,74)/b17-14+,33-15+/t34-,38+,41+,42-,43+,49+,50+,56+,57+/m1/s1. The van der Waals surface area contributed by atoms with Crippen LogP contribution in [0.5, 0.6) is 5.75 Å². The van der Waals surface area contributed by atoms with Crippen LogP contribution in [0.1, 0.15) is 98.0 Å². The molecule has 0 unspecified atom stereocenters. The van der Waals surface area contributed by atoms with E-state index in [9.17, 15) is 48.3 Å². The van der Waals surface area contributed by atoms with Gasteiger partial charge in [-0.3, -0.25) is 44.3 Å². The number of imide groups is 1. The number of ether oxygens (including phenoxy) is 5. The van der Waals surface area contributed by atoms with Gasteiger partial charge in [-0.05, 0) is 100 Å². The van der Waals surface area contributed by atoms with E-state index in [1.165, 1.54) is 62.6 Å². The molecule has 24 nitrogen and oxygen atoms in total. The summed E-state index contributed by atoms with van der Waals surface area (Å²) in [5.74, 6) is -3.50. The summed E-state index contributed by atoms with van der Waals surface area (Å²) >= 11 is 6.83. The van der Waals surface area contributed by atoms with Gasteiger partial charge in [0.1, 0.15) is 46.8 Å². The number of primary amides is 1. The molecular weight excluding hydrogens is 1090 g/mol. The van der Waals surface area contributed by atoms with Crippen molar-refractivity contribution in [1.82, 2.24) is 26.2 Å². The fraction of sp³-hybridized carbons (Fsp3) is 0.526. The lowest BCUT2D eigenvalue weighted by Crippen LogP contribution is -2.63. The van der Waals surface area contributed by atoms with Gasteiger partial charge in [-0.2, -0.15) is 0 Å². The van der Waals surface area contributed by atoms with Crippen LogP contribution < -0.4 is 47.3 Å². The number of fused-ring (bicyclic) bond motifs is 5. The Kier molecular flexibility index (Phi) is 22.1. The van der Waals surface area contributed by atoms with Crippen LogP contribution >= 0.6 is 11.6 Å². The normalized spacial score (nSPS) is 25.3. The Morgan fingerprint density at radius 1 is 0.939 bits per heavy atom. The van der Waals surface area contributed by atoms with Crippen LogP contribution in [0.25, 0.3) is 0 Å². The van der Waals surface area contributed by atoms with E-state index in [0.717, 1.165) is 16.0 Å². The summed E-state index contributed by atoms with van der Waals surface area (Å²) in [6.45, 7) is 9.28. The minimum absolute atomic E-state index is 0.0843. The molecule has 0 spiro atoms. The largest absolute Gasteiger partial charge is 0.495 e. The lowest BCUT2D eigenvalue weighted by Gasteiger charge is -2.42. The molecule has 2 aromatic rings. The number of nitrogens with zero attached hydrogens (tertiary/aromatic N) is 2. The molecule has 0 aliphatic carbocycles. The van der Waals surface area contributed by atoms with Crippen molar-refractivity contribution in [1.29, 1.82) is 0 Å². The molecule has 9 atom stereocenters. The van der Waals surface area contributed by atoms with Crippen molar-refractivity contribution in [2.75, 3.05) is 49.9 Å². The number of benzene rings is 2. The van der Waals surface area contributed by atoms with E-state index in [0.29, 0.717) is 50.0 Å². The third kappa shape index (κ3) is 16.8.